The summed E-state index contributed by atoms with van der Waals surface area (Å²) in [6.45, 7) is 2.38. The number of benzene rings is 1. The third-order valence-corrected chi connectivity index (χ3v) is 4.91. The molecule has 2 heterocycles. The molecule has 8 nitrogen and oxygen atoms in total. The zero-order valence-corrected chi connectivity index (χ0v) is 17.2. The Morgan fingerprint density at radius 2 is 1.76 bits per heavy atom. The molecule has 2 saturated heterocycles. The van der Waals surface area contributed by atoms with Crippen molar-refractivity contribution in [3.8, 4) is 0 Å². The lowest BCUT2D eigenvalue weighted by Gasteiger charge is -2.47. The van der Waals surface area contributed by atoms with Crippen LogP contribution in [0.2, 0.25) is 0 Å². The van der Waals surface area contributed by atoms with E-state index in [4.69, 9.17) is 44.8 Å². The average molecular weight is 433 g/mol. The standard InChI is InChI=1S/C20H29ClO8/c1-23-18-16(22)17-15(13-27-19(29-17)14-5-3-2-4-6-14)28-20(18)26-12-11-25-10-9-24-8-7-21/h2-6,15-20,22H,7-13H2,1H3/t15-,16+,17-,18+,19?,20+/m1/s1. The van der Waals surface area contributed by atoms with Crippen LogP contribution in [0.3, 0.4) is 0 Å². The Kier molecular flexibility index (Phi) is 9.57. The van der Waals surface area contributed by atoms with Crippen molar-refractivity contribution in [3.05, 3.63) is 35.9 Å². The largest absolute Gasteiger partial charge is 0.387 e. The highest BCUT2D eigenvalue weighted by Crippen LogP contribution is 2.35. The monoisotopic (exact) mass is 432 g/mol. The topological polar surface area (TPSA) is 84.8 Å². The number of aliphatic hydroxyl groups excluding tert-OH is 1. The normalized spacial score (nSPS) is 32.1. The van der Waals surface area contributed by atoms with Crippen LogP contribution in [0.4, 0.5) is 0 Å². The Labute approximate surface area is 175 Å². The number of halogens is 1. The first kappa shape index (κ1) is 22.9. The first-order valence-corrected chi connectivity index (χ1v) is 10.3. The molecule has 3 rings (SSSR count). The van der Waals surface area contributed by atoms with Crippen LogP contribution in [0, 0.1) is 0 Å². The van der Waals surface area contributed by atoms with Crippen LogP contribution < -0.4 is 0 Å². The lowest BCUT2D eigenvalue weighted by molar-refractivity contribution is -0.364. The fraction of sp³-hybridized carbons (Fsp3) is 0.700. The van der Waals surface area contributed by atoms with Crippen molar-refractivity contribution in [1.82, 2.24) is 0 Å². The van der Waals surface area contributed by atoms with Crippen LogP contribution in [0.15, 0.2) is 30.3 Å². The number of ether oxygens (including phenoxy) is 7. The van der Waals surface area contributed by atoms with Crippen molar-refractivity contribution < 1.29 is 38.3 Å². The van der Waals surface area contributed by atoms with E-state index < -0.39 is 37.0 Å². The molecular formula is C20H29ClO8. The van der Waals surface area contributed by atoms with Gasteiger partial charge < -0.3 is 38.3 Å². The third kappa shape index (κ3) is 6.33. The van der Waals surface area contributed by atoms with Crippen LogP contribution in [0.25, 0.3) is 0 Å². The Hall–Kier alpha value is -0.810. The van der Waals surface area contributed by atoms with Crippen molar-refractivity contribution in [2.24, 2.45) is 0 Å². The minimum Gasteiger partial charge on any atom is -0.387 e. The summed E-state index contributed by atoms with van der Waals surface area (Å²) in [5.74, 6) is 0.463. The van der Waals surface area contributed by atoms with Gasteiger partial charge in [-0.1, -0.05) is 30.3 Å². The zero-order chi connectivity index (χ0) is 20.5. The van der Waals surface area contributed by atoms with Crippen LogP contribution in [0.5, 0.6) is 0 Å². The van der Waals surface area contributed by atoms with E-state index in [1.165, 1.54) is 7.11 Å². The smallest absolute Gasteiger partial charge is 0.187 e. The number of methoxy groups -OCH3 is 1. The van der Waals surface area contributed by atoms with Crippen molar-refractivity contribution in [2.45, 2.75) is 37.0 Å². The van der Waals surface area contributed by atoms with Crippen LogP contribution in [-0.2, 0) is 33.2 Å². The number of hydrogen-bond acceptors (Lipinski definition) is 8. The van der Waals surface area contributed by atoms with E-state index in [9.17, 15) is 5.11 Å². The van der Waals surface area contributed by atoms with Gasteiger partial charge in [-0.05, 0) is 0 Å². The molecule has 1 N–H and O–H groups in total. The molecule has 0 radical (unpaired) electrons. The second-order valence-electron chi connectivity index (χ2n) is 6.69. The van der Waals surface area contributed by atoms with Gasteiger partial charge in [-0.15, -0.1) is 11.6 Å². The lowest BCUT2D eigenvalue weighted by atomic mass is 9.97. The molecule has 2 aliphatic rings. The number of fused-ring (bicyclic) bond motifs is 1. The second kappa shape index (κ2) is 12.1. The molecule has 164 valence electrons. The summed E-state index contributed by atoms with van der Waals surface area (Å²) in [4.78, 5) is 0. The summed E-state index contributed by atoms with van der Waals surface area (Å²) in [5.41, 5.74) is 0.887. The zero-order valence-electron chi connectivity index (χ0n) is 16.5. The van der Waals surface area contributed by atoms with Gasteiger partial charge in [0.05, 0.1) is 39.6 Å². The van der Waals surface area contributed by atoms with Crippen LogP contribution in [-0.4, -0.2) is 88.4 Å². The molecule has 1 aromatic rings. The molecule has 1 aromatic carbocycles. The van der Waals surface area contributed by atoms with Crippen molar-refractivity contribution >= 4 is 11.6 Å². The molecule has 0 aromatic heterocycles. The van der Waals surface area contributed by atoms with E-state index in [0.717, 1.165) is 5.56 Å². The fourth-order valence-electron chi connectivity index (χ4n) is 3.33. The highest BCUT2D eigenvalue weighted by atomic mass is 35.5. The van der Waals surface area contributed by atoms with Gasteiger partial charge in [0.25, 0.3) is 0 Å². The van der Waals surface area contributed by atoms with Crippen LogP contribution in [0.1, 0.15) is 11.9 Å². The Balaban J connectivity index is 1.46. The molecule has 0 saturated carbocycles. The molecule has 1 unspecified atom stereocenters. The molecule has 2 fully saturated rings. The van der Waals surface area contributed by atoms with Crippen molar-refractivity contribution in [2.75, 3.05) is 52.6 Å². The molecule has 0 bridgehead atoms. The minimum atomic E-state index is -0.913. The highest BCUT2D eigenvalue weighted by molar-refractivity contribution is 6.17. The predicted molar refractivity (Wildman–Crippen MR) is 104 cm³/mol. The first-order chi connectivity index (χ1) is 14.2. The highest BCUT2D eigenvalue weighted by Gasteiger charge is 2.50. The van der Waals surface area contributed by atoms with Gasteiger partial charge in [0.2, 0.25) is 0 Å². The molecule has 6 atom stereocenters. The Morgan fingerprint density at radius 3 is 2.48 bits per heavy atom. The van der Waals surface area contributed by atoms with E-state index in [1.807, 2.05) is 30.3 Å². The molecule has 0 spiro atoms. The summed E-state index contributed by atoms with van der Waals surface area (Å²) in [5, 5.41) is 10.8. The Bertz CT molecular complexity index is 577. The van der Waals surface area contributed by atoms with Gasteiger partial charge in [0, 0.05) is 18.6 Å². The van der Waals surface area contributed by atoms with Crippen LogP contribution >= 0.6 is 11.6 Å². The van der Waals surface area contributed by atoms with E-state index in [2.05, 4.69) is 0 Å². The lowest BCUT2D eigenvalue weighted by Crippen LogP contribution is -2.62. The maximum Gasteiger partial charge on any atom is 0.187 e. The summed E-state index contributed by atoms with van der Waals surface area (Å²) >= 11 is 5.53. The van der Waals surface area contributed by atoms with Gasteiger partial charge in [0.15, 0.2) is 12.6 Å². The summed E-state index contributed by atoms with van der Waals surface area (Å²) in [6.07, 6.45) is -3.92. The SMILES string of the molecule is CO[C@@H]1[C@@H](OCCOCCOCCCl)O[C@@H]2COC(c3ccccc3)O[C@H]2[C@@H]1O. The quantitative estimate of drug-likeness (QED) is 0.416. The van der Waals surface area contributed by atoms with Gasteiger partial charge in [-0.3, -0.25) is 0 Å². The number of aliphatic hydroxyl groups is 1. The molecule has 29 heavy (non-hydrogen) atoms. The van der Waals surface area contributed by atoms with Crippen molar-refractivity contribution in [1.29, 1.82) is 0 Å². The fourth-order valence-corrected chi connectivity index (χ4v) is 3.44. The van der Waals surface area contributed by atoms with Gasteiger partial charge >= 0.3 is 0 Å². The molecule has 0 aliphatic carbocycles. The van der Waals surface area contributed by atoms with E-state index in [1.54, 1.807) is 0 Å². The maximum atomic E-state index is 10.8. The number of alkyl halides is 1. The summed E-state index contributed by atoms with van der Waals surface area (Å²) < 4.78 is 39.6. The van der Waals surface area contributed by atoms with Gasteiger partial charge in [-0.2, -0.15) is 0 Å². The van der Waals surface area contributed by atoms with Crippen molar-refractivity contribution in [3.63, 3.8) is 0 Å². The molecule has 9 heteroatoms. The molecule has 2 aliphatic heterocycles. The number of rotatable bonds is 11. The van der Waals surface area contributed by atoms with E-state index in [-0.39, 0.29) is 6.61 Å². The van der Waals surface area contributed by atoms with E-state index >= 15 is 0 Å². The van der Waals surface area contributed by atoms with Gasteiger partial charge in [-0.25, -0.2) is 0 Å². The third-order valence-electron chi connectivity index (χ3n) is 4.76. The molecule has 0 amide bonds. The summed E-state index contributed by atoms with van der Waals surface area (Å²) in [7, 11) is 1.51. The van der Waals surface area contributed by atoms with E-state index in [0.29, 0.717) is 38.9 Å². The average Bonchev–Trinajstić information content (AvgIpc) is 2.76. The van der Waals surface area contributed by atoms with Gasteiger partial charge in [0.1, 0.15) is 24.4 Å². The Morgan fingerprint density at radius 1 is 1.03 bits per heavy atom. The molecular weight excluding hydrogens is 404 g/mol. The predicted octanol–water partition coefficient (Wildman–Crippen LogP) is 1.49. The summed E-state index contributed by atoms with van der Waals surface area (Å²) in [6, 6.07) is 9.59. The number of hydrogen-bond donors (Lipinski definition) is 1. The first-order valence-electron chi connectivity index (χ1n) is 9.76. The maximum absolute atomic E-state index is 10.8. The minimum absolute atomic E-state index is 0.284. The second-order valence-corrected chi connectivity index (χ2v) is 7.07.